The Kier molecular flexibility index (Phi) is 3.27. The molecule has 0 fully saturated rings. The van der Waals surface area contributed by atoms with E-state index in [0.717, 1.165) is 0 Å². The maximum atomic E-state index is 13.2. The molecule has 0 aliphatic carbocycles. The third kappa shape index (κ3) is 2.19. The van der Waals surface area contributed by atoms with E-state index < -0.39 is 11.6 Å². The van der Waals surface area contributed by atoms with Crippen LogP contribution in [0.3, 0.4) is 0 Å². The zero-order chi connectivity index (χ0) is 10.0. The van der Waals surface area contributed by atoms with Gasteiger partial charge in [-0.25, -0.2) is 4.39 Å². The van der Waals surface area contributed by atoms with Gasteiger partial charge in [0, 0.05) is 10.2 Å². The summed E-state index contributed by atoms with van der Waals surface area (Å²) in [6.45, 7) is 0. The topological polar surface area (TPSA) is 43.1 Å². The monoisotopic (exact) mass is 265 g/mol. The summed E-state index contributed by atoms with van der Waals surface area (Å²) < 4.78 is 13.7. The quantitative estimate of drug-likeness (QED) is 0.508. The average molecular weight is 266 g/mol. The van der Waals surface area contributed by atoms with Crippen LogP contribution in [0.2, 0.25) is 0 Å². The highest BCUT2D eigenvalue weighted by atomic mass is 79.9. The van der Waals surface area contributed by atoms with E-state index in [1.54, 1.807) is 0 Å². The summed E-state index contributed by atoms with van der Waals surface area (Å²) in [4.78, 5) is 11.1. The second-order valence-electron chi connectivity index (χ2n) is 2.41. The van der Waals surface area contributed by atoms with E-state index in [1.165, 1.54) is 12.1 Å². The molecular formula is C8H6BrClFNO. The van der Waals surface area contributed by atoms with Crippen LogP contribution < -0.4 is 5.73 Å². The van der Waals surface area contributed by atoms with Crippen LogP contribution in [0.25, 0.3) is 0 Å². The second kappa shape index (κ2) is 4.07. The SMILES string of the molecule is Nc1cc(Br)cc(F)c1C(=O)CCl. The third-order valence-electron chi connectivity index (χ3n) is 1.49. The van der Waals surface area contributed by atoms with Gasteiger partial charge in [0.2, 0.25) is 0 Å². The molecule has 0 saturated heterocycles. The number of hydrogen-bond donors (Lipinski definition) is 1. The zero-order valence-corrected chi connectivity index (χ0v) is 8.82. The van der Waals surface area contributed by atoms with Gasteiger partial charge in [0.1, 0.15) is 5.82 Å². The number of nitrogen functional groups attached to an aromatic ring is 1. The molecule has 0 aromatic heterocycles. The van der Waals surface area contributed by atoms with Gasteiger partial charge < -0.3 is 5.73 Å². The van der Waals surface area contributed by atoms with Crippen LogP contribution in [-0.4, -0.2) is 11.7 Å². The van der Waals surface area contributed by atoms with E-state index in [4.69, 9.17) is 17.3 Å². The van der Waals surface area contributed by atoms with Crippen molar-refractivity contribution in [3.8, 4) is 0 Å². The molecule has 0 saturated carbocycles. The van der Waals surface area contributed by atoms with Crippen LogP contribution in [0, 0.1) is 5.82 Å². The molecule has 70 valence electrons. The van der Waals surface area contributed by atoms with Gasteiger partial charge in [-0.15, -0.1) is 11.6 Å². The fourth-order valence-electron chi connectivity index (χ4n) is 0.954. The molecular weight excluding hydrogens is 260 g/mol. The van der Waals surface area contributed by atoms with E-state index in [9.17, 15) is 9.18 Å². The predicted molar refractivity (Wildman–Crippen MR) is 53.6 cm³/mol. The van der Waals surface area contributed by atoms with Crippen molar-refractivity contribution in [3.05, 3.63) is 28.0 Å². The van der Waals surface area contributed by atoms with Crippen molar-refractivity contribution in [3.63, 3.8) is 0 Å². The first-order chi connectivity index (χ1) is 6.06. The Balaban J connectivity index is 3.28. The van der Waals surface area contributed by atoms with Gasteiger partial charge >= 0.3 is 0 Å². The minimum Gasteiger partial charge on any atom is -0.398 e. The smallest absolute Gasteiger partial charge is 0.182 e. The predicted octanol–water partition coefficient (Wildman–Crippen LogP) is 2.59. The highest BCUT2D eigenvalue weighted by molar-refractivity contribution is 9.10. The van der Waals surface area contributed by atoms with Gasteiger partial charge in [-0.05, 0) is 12.1 Å². The first-order valence-corrected chi connectivity index (χ1v) is 4.72. The summed E-state index contributed by atoms with van der Waals surface area (Å²) in [6, 6.07) is 2.64. The van der Waals surface area contributed by atoms with Crippen LogP contribution in [0.5, 0.6) is 0 Å². The first kappa shape index (κ1) is 10.5. The molecule has 0 heterocycles. The number of carbonyl (C=O) groups is 1. The lowest BCUT2D eigenvalue weighted by atomic mass is 10.1. The summed E-state index contributed by atoms with van der Waals surface area (Å²) in [7, 11) is 0. The Labute approximate surface area is 88.0 Å². The molecule has 0 radical (unpaired) electrons. The fraction of sp³-hybridized carbons (Fsp3) is 0.125. The van der Waals surface area contributed by atoms with Crippen molar-refractivity contribution in [2.45, 2.75) is 0 Å². The molecule has 1 aromatic carbocycles. The van der Waals surface area contributed by atoms with Gasteiger partial charge in [-0.2, -0.15) is 0 Å². The van der Waals surface area contributed by atoms with Crippen LogP contribution in [-0.2, 0) is 0 Å². The Bertz CT molecular complexity index is 333. The Hall–Kier alpha value is -0.610. The minimum absolute atomic E-state index is 0.0949. The highest BCUT2D eigenvalue weighted by Gasteiger charge is 2.14. The number of ketones is 1. The van der Waals surface area contributed by atoms with Crippen molar-refractivity contribution in [2.75, 3.05) is 11.6 Å². The van der Waals surface area contributed by atoms with Crippen LogP contribution in [0.4, 0.5) is 10.1 Å². The summed E-state index contributed by atoms with van der Waals surface area (Å²) in [5.41, 5.74) is 5.40. The number of alkyl halides is 1. The second-order valence-corrected chi connectivity index (χ2v) is 3.59. The van der Waals surface area contributed by atoms with E-state index in [2.05, 4.69) is 15.9 Å². The van der Waals surface area contributed by atoms with E-state index in [0.29, 0.717) is 4.47 Å². The van der Waals surface area contributed by atoms with Crippen molar-refractivity contribution in [2.24, 2.45) is 0 Å². The molecule has 2 nitrogen and oxygen atoms in total. The zero-order valence-electron chi connectivity index (χ0n) is 6.48. The van der Waals surface area contributed by atoms with Gasteiger partial charge in [0.25, 0.3) is 0 Å². The lowest BCUT2D eigenvalue weighted by Crippen LogP contribution is -2.08. The van der Waals surface area contributed by atoms with Crippen molar-refractivity contribution < 1.29 is 9.18 Å². The number of rotatable bonds is 2. The lowest BCUT2D eigenvalue weighted by Gasteiger charge is -2.04. The molecule has 1 aromatic rings. The number of Topliss-reactive ketones (excluding diaryl/α,β-unsaturated/α-hetero) is 1. The Morgan fingerprint density at radius 2 is 2.23 bits per heavy atom. The maximum Gasteiger partial charge on any atom is 0.182 e. The fourth-order valence-corrected chi connectivity index (χ4v) is 1.54. The van der Waals surface area contributed by atoms with Gasteiger partial charge in [0.15, 0.2) is 5.78 Å². The lowest BCUT2D eigenvalue weighted by molar-refractivity contribution is 0.101. The summed E-state index contributed by atoms with van der Waals surface area (Å²) in [5, 5.41) is 0. The van der Waals surface area contributed by atoms with Crippen molar-refractivity contribution >= 4 is 39.0 Å². The number of anilines is 1. The number of halogens is 3. The number of carbonyl (C=O) groups excluding carboxylic acids is 1. The molecule has 2 N–H and O–H groups in total. The third-order valence-corrected chi connectivity index (χ3v) is 2.19. The van der Waals surface area contributed by atoms with E-state index in [-0.39, 0.29) is 17.1 Å². The number of nitrogens with two attached hydrogens (primary N) is 1. The summed E-state index contributed by atoms with van der Waals surface area (Å²) in [5.74, 6) is -1.44. The first-order valence-electron chi connectivity index (χ1n) is 3.40. The standard InChI is InChI=1S/C8H6BrClFNO/c9-4-1-5(11)8(6(12)2-4)7(13)3-10/h1-2H,3,12H2. The van der Waals surface area contributed by atoms with Crippen molar-refractivity contribution in [1.29, 1.82) is 0 Å². The molecule has 0 bridgehead atoms. The molecule has 0 unspecified atom stereocenters. The Morgan fingerprint density at radius 1 is 1.62 bits per heavy atom. The molecule has 0 spiro atoms. The van der Waals surface area contributed by atoms with Gasteiger partial charge in [-0.1, -0.05) is 15.9 Å². The van der Waals surface area contributed by atoms with Gasteiger partial charge in [-0.3, -0.25) is 4.79 Å². The molecule has 0 amide bonds. The summed E-state index contributed by atoms with van der Waals surface area (Å²) in [6.07, 6.45) is 0. The Morgan fingerprint density at radius 3 is 2.69 bits per heavy atom. The minimum atomic E-state index is -0.655. The maximum absolute atomic E-state index is 13.2. The summed E-state index contributed by atoms with van der Waals surface area (Å²) >= 11 is 8.34. The van der Waals surface area contributed by atoms with Crippen molar-refractivity contribution in [1.82, 2.24) is 0 Å². The van der Waals surface area contributed by atoms with Crippen LogP contribution in [0.15, 0.2) is 16.6 Å². The largest absolute Gasteiger partial charge is 0.398 e. The average Bonchev–Trinajstić information content (AvgIpc) is 2.02. The number of benzene rings is 1. The molecule has 5 heteroatoms. The molecule has 1 rings (SSSR count). The van der Waals surface area contributed by atoms with Gasteiger partial charge in [0.05, 0.1) is 11.4 Å². The molecule has 13 heavy (non-hydrogen) atoms. The molecule has 0 aliphatic heterocycles. The normalized spacial score (nSPS) is 10.1. The number of hydrogen-bond acceptors (Lipinski definition) is 2. The highest BCUT2D eigenvalue weighted by Crippen LogP contribution is 2.22. The van der Waals surface area contributed by atoms with Crippen LogP contribution >= 0.6 is 27.5 Å². The van der Waals surface area contributed by atoms with E-state index >= 15 is 0 Å². The van der Waals surface area contributed by atoms with E-state index in [1.807, 2.05) is 0 Å². The molecule has 0 aliphatic rings. The van der Waals surface area contributed by atoms with Crippen LogP contribution in [0.1, 0.15) is 10.4 Å². The molecule has 0 atom stereocenters.